The molecule has 1 heterocycles. The summed E-state index contributed by atoms with van der Waals surface area (Å²) in [4.78, 5) is 11.3. The Balaban J connectivity index is 1.72. The zero-order valence-corrected chi connectivity index (χ0v) is 13.3. The highest BCUT2D eigenvalue weighted by Crippen LogP contribution is 2.29. The van der Waals surface area contributed by atoms with Gasteiger partial charge in [0.05, 0.1) is 10.7 Å². The lowest BCUT2D eigenvalue weighted by Gasteiger charge is -2.18. The lowest BCUT2D eigenvalue weighted by atomic mass is 10.1. The lowest BCUT2D eigenvalue weighted by molar-refractivity contribution is -0.118. The average Bonchev–Trinajstić information content (AvgIpc) is 2.48. The lowest BCUT2D eigenvalue weighted by Crippen LogP contribution is -2.25. The number of hydrogen-bond acceptors (Lipinski definition) is 3. The molecule has 0 saturated heterocycles. The van der Waals surface area contributed by atoms with Crippen LogP contribution in [0.1, 0.15) is 5.56 Å². The number of rotatable bonds is 3. The molecule has 0 radical (unpaired) electrons. The molecule has 108 valence electrons. The molecule has 0 aromatic heterocycles. The molecule has 2 N–H and O–H groups in total. The molecule has 0 fully saturated rings. The summed E-state index contributed by atoms with van der Waals surface area (Å²) in [6, 6.07) is 11.4. The van der Waals surface area contributed by atoms with Gasteiger partial charge in [-0.15, -0.1) is 0 Å². The van der Waals surface area contributed by atoms with E-state index in [9.17, 15) is 4.79 Å². The second-order valence-electron chi connectivity index (χ2n) is 4.65. The van der Waals surface area contributed by atoms with E-state index in [1.54, 1.807) is 0 Å². The first-order valence-corrected chi connectivity index (χ1v) is 7.53. The number of nitrogens with one attached hydrogen (secondary N) is 2. The number of anilines is 2. The van der Waals surface area contributed by atoms with Crippen LogP contribution in [0, 0.1) is 0 Å². The summed E-state index contributed by atoms with van der Waals surface area (Å²) in [7, 11) is 0. The average molecular weight is 368 g/mol. The van der Waals surface area contributed by atoms with Gasteiger partial charge in [0.25, 0.3) is 5.91 Å². The summed E-state index contributed by atoms with van der Waals surface area (Å²) in [6.07, 6.45) is 0. The molecule has 0 saturated carbocycles. The highest BCUT2D eigenvalue weighted by Gasteiger charge is 2.15. The number of ether oxygens (including phenoxy) is 1. The maximum absolute atomic E-state index is 11.3. The number of halogens is 2. The van der Waals surface area contributed by atoms with Crippen LogP contribution in [0.25, 0.3) is 0 Å². The molecule has 6 heteroatoms. The van der Waals surface area contributed by atoms with E-state index in [0.29, 0.717) is 23.0 Å². The minimum atomic E-state index is -0.132. The molecule has 0 bridgehead atoms. The van der Waals surface area contributed by atoms with Crippen molar-refractivity contribution in [3.05, 3.63) is 51.5 Å². The molecule has 3 rings (SSSR count). The van der Waals surface area contributed by atoms with Crippen LogP contribution < -0.4 is 15.4 Å². The summed E-state index contributed by atoms with van der Waals surface area (Å²) in [5.41, 5.74) is 2.68. The fraction of sp³-hybridized carbons (Fsp3) is 0.133. The molecule has 0 aliphatic carbocycles. The normalized spacial score (nSPS) is 13.1. The van der Waals surface area contributed by atoms with Crippen LogP contribution in [0.3, 0.4) is 0 Å². The third-order valence-corrected chi connectivity index (χ3v) is 4.33. The van der Waals surface area contributed by atoms with Gasteiger partial charge in [0.15, 0.2) is 6.61 Å². The van der Waals surface area contributed by atoms with Gasteiger partial charge in [-0.3, -0.25) is 4.79 Å². The Hall–Kier alpha value is -1.72. The van der Waals surface area contributed by atoms with Crippen molar-refractivity contribution in [2.24, 2.45) is 0 Å². The van der Waals surface area contributed by atoms with Crippen molar-refractivity contribution in [2.45, 2.75) is 6.54 Å². The second-order valence-corrected chi connectivity index (χ2v) is 5.91. The third-order valence-electron chi connectivity index (χ3n) is 3.09. The molecule has 2 aromatic carbocycles. The number of carbonyl (C=O) groups is 1. The van der Waals surface area contributed by atoms with E-state index in [0.717, 1.165) is 15.7 Å². The van der Waals surface area contributed by atoms with Crippen LogP contribution in [0.15, 0.2) is 40.9 Å². The topological polar surface area (TPSA) is 50.4 Å². The predicted octanol–water partition coefficient (Wildman–Crippen LogP) is 4.05. The number of amides is 1. The first kappa shape index (κ1) is 14.2. The van der Waals surface area contributed by atoms with Gasteiger partial charge in [-0.05, 0) is 51.8 Å². The second kappa shape index (κ2) is 5.95. The van der Waals surface area contributed by atoms with Gasteiger partial charge in [0, 0.05) is 16.7 Å². The summed E-state index contributed by atoms with van der Waals surface area (Å²) >= 11 is 9.41. The number of carbonyl (C=O) groups excluding carboxylic acids is 1. The van der Waals surface area contributed by atoms with Gasteiger partial charge in [-0.2, -0.15) is 0 Å². The number of benzene rings is 2. The first-order valence-electron chi connectivity index (χ1n) is 6.36. The SMILES string of the molecule is O=C1COc2ccc(CNc3ccc(Br)c(Cl)c3)cc2N1. The first-order chi connectivity index (χ1) is 10.1. The smallest absolute Gasteiger partial charge is 0.262 e. The molecule has 1 amide bonds. The van der Waals surface area contributed by atoms with Crippen LogP contribution in [0.2, 0.25) is 5.02 Å². The minimum absolute atomic E-state index is 0.0714. The summed E-state index contributed by atoms with van der Waals surface area (Å²) in [5, 5.41) is 6.74. The molecule has 0 unspecified atom stereocenters. The third kappa shape index (κ3) is 3.31. The Labute approximate surface area is 135 Å². The Morgan fingerprint density at radius 3 is 2.95 bits per heavy atom. The van der Waals surface area contributed by atoms with E-state index in [1.807, 2.05) is 36.4 Å². The zero-order valence-electron chi connectivity index (χ0n) is 11.0. The van der Waals surface area contributed by atoms with E-state index in [1.165, 1.54) is 0 Å². The molecule has 4 nitrogen and oxygen atoms in total. The maximum atomic E-state index is 11.3. The van der Waals surface area contributed by atoms with Gasteiger partial charge < -0.3 is 15.4 Å². The predicted molar refractivity (Wildman–Crippen MR) is 87.0 cm³/mol. The quantitative estimate of drug-likeness (QED) is 0.860. The van der Waals surface area contributed by atoms with Crippen LogP contribution in [-0.2, 0) is 11.3 Å². The monoisotopic (exact) mass is 366 g/mol. The van der Waals surface area contributed by atoms with Crippen LogP contribution in [0.5, 0.6) is 5.75 Å². The molecule has 21 heavy (non-hydrogen) atoms. The Bertz CT molecular complexity index is 706. The van der Waals surface area contributed by atoms with Crippen LogP contribution in [0.4, 0.5) is 11.4 Å². The summed E-state index contributed by atoms with van der Waals surface area (Å²) in [6.45, 7) is 0.698. The number of fused-ring (bicyclic) bond motifs is 1. The van der Waals surface area contributed by atoms with Gasteiger partial charge in [-0.1, -0.05) is 17.7 Å². The van der Waals surface area contributed by atoms with Gasteiger partial charge in [-0.25, -0.2) is 0 Å². The molecule has 0 spiro atoms. The van der Waals surface area contributed by atoms with Gasteiger partial charge in [0.1, 0.15) is 5.75 Å². The highest BCUT2D eigenvalue weighted by atomic mass is 79.9. The van der Waals surface area contributed by atoms with Crippen molar-refractivity contribution in [1.29, 1.82) is 0 Å². The molecule has 1 aliphatic heterocycles. The van der Waals surface area contributed by atoms with Crippen LogP contribution in [-0.4, -0.2) is 12.5 Å². The van der Waals surface area contributed by atoms with Crippen molar-refractivity contribution in [2.75, 3.05) is 17.2 Å². The highest BCUT2D eigenvalue weighted by molar-refractivity contribution is 9.10. The Morgan fingerprint density at radius 1 is 1.29 bits per heavy atom. The Morgan fingerprint density at radius 2 is 2.14 bits per heavy atom. The van der Waals surface area contributed by atoms with E-state index >= 15 is 0 Å². The standard InChI is InChI=1S/C15H12BrClN2O2/c16-11-3-2-10(6-12(11)17)18-7-9-1-4-14-13(5-9)19-15(20)8-21-14/h1-6,18H,7-8H2,(H,19,20). The fourth-order valence-electron chi connectivity index (χ4n) is 2.05. The molecule has 0 atom stereocenters. The van der Waals surface area contributed by atoms with Gasteiger partial charge >= 0.3 is 0 Å². The zero-order chi connectivity index (χ0) is 14.8. The van der Waals surface area contributed by atoms with Crippen molar-refractivity contribution < 1.29 is 9.53 Å². The van der Waals surface area contributed by atoms with E-state index < -0.39 is 0 Å². The summed E-state index contributed by atoms with van der Waals surface area (Å²) in [5.74, 6) is 0.567. The largest absolute Gasteiger partial charge is 0.482 e. The molecule has 1 aliphatic rings. The molecular formula is C15H12BrClN2O2. The number of hydrogen-bond donors (Lipinski definition) is 2. The van der Waals surface area contributed by atoms with E-state index in [-0.39, 0.29) is 12.5 Å². The van der Waals surface area contributed by atoms with E-state index in [4.69, 9.17) is 16.3 Å². The van der Waals surface area contributed by atoms with Crippen LogP contribution >= 0.6 is 27.5 Å². The maximum Gasteiger partial charge on any atom is 0.262 e. The fourth-order valence-corrected chi connectivity index (χ4v) is 2.48. The van der Waals surface area contributed by atoms with Crippen molar-refractivity contribution in [1.82, 2.24) is 0 Å². The minimum Gasteiger partial charge on any atom is -0.482 e. The molecule has 2 aromatic rings. The van der Waals surface area contributed by atoms with Crippen molar-refractivity contribution in [3.8, 4) is 5.75 Å². The summed E-state index contributed by atoms with van der Waals surface area (Å²) < 4.78 is 6.19. The van der Waals surface area contributed by atoms with Gasteiger partial charge in [0.2, 0.25) is 0 Å². The Kier molecular flexibility index (Phi) is 4.03. The van der Waals surface area contributed by atoms with Crippen molar-refractivity contribution in [3.63, 3.8) is 0 Å². The van der Waals surface area contributed by atoms with Crippen molar-refractivity contribution >= 4 is 44.8 Å². The molecular weight excluding hydrogens is 356 g/mol. The van der Waals surface area contributed by atoms with E-state index in [2.05, 4.69) is 26.6 Å².